The molecule has 0 N–H and O–H groups in total. The van der Waals surface area contributed by atoms with Crippen LogP contribution in [0.1, 0.15) is 29.0 Å². The first kappa shape index (κ1) is 12.0. The van der Waals surface area contributed by atoms with Gasteiger partial charge in [-0.3, -0.25) is 4.79 Å². The lowest BCUT2D eigenvalue weighted by molar-refractivity contribution is -0.132. The van der Waals surface area contributed by atoms with Crippen LogP contribution in [0.15, 0.2) is 34.9 Å². The third-order valence-corrected chi connectivity index (χ3v) is 3.46. The molecule has 1 aliphatic rings. The molecule has 2 heterocycles. The zero-order valence-electron chi connectivity index (χ0n) is 10.9. The third kappa shape index (κ3) is 2.52. The first-order chi connectivity index (χ1) is 9.22. The summed E-state index contributed by atoms with van der Waals surface area (Å²) < 4.78 is 5.20. The monoisotopic (exact) mass is 256 g/mol. The standard InChI is InChI=1S/C15H16N2O2/c1-11-8-14(19-16-11)10-17-9-13-5-3-2-4-12(13)6-7-15(17)18/h2-5,8H,6-7,9-10H2,1H3. The van der Waals surface area contributed by atoms with E-state index < -0.39 is 0 Å². The van der Waals surface area contributed by atoms with Gasteiger partial charge in [0.1, 0.15) is 0 Å². The van der Waals surface area contributed by atoms with Crippen molar-refractivity contribution in [2.45, 2.75) is 32.9 Å². The summed E-state index contributed by atoms with van der Waals surface area (Å²) in [7, 11) is 0. The normalized spacial score (nSPS) is 15.2. The molecule has 0 bridgehead atoms. The van der Waals surface area contributed by atoms with Gasteiger partial charge in [0.25, 0.3) is 0 Å². The summed E-state index contributed by atoms with van der Waals surface area (Å²) in [5.74, 6) is 0.912. The molecule has 98 valence electrons. The smallest absolute Gasteiger partial charge is 0.223 e. The Bertz CT molecular complexity index is 604. The molecule has 0 saturated carbocycles. The lowest BCUT2D eigenvalue weighted by Gasteiger charge is -2.19. The fourth-order valence-electron chi connectivity index (χ4n) is 2.47. The molecule has 19 heavy (non-hydrogen) atoms. The van der Waals surface area contributed by atoms with Gasteiger partial charge in [-0.1, -0.05) is 29.4 Å². The Morgan fingerprint density at radius 3 is 2.79 bits per heavy atom. The fourth-order valence-corrected chi connectivity index (χ4v) is 2.47. The van der Waals surface area contributed by atoms with Crippen molar-refractivity contribution in [1.82, 2.24) is 10.1 Å². The van der Waals surface area contributed by atoms with Crippen LogP contribution in [0.4, 0.5) is 0 Å². The van der Waals surface area contributed by atoms with E-state index in [1.54, 1.807) is 0 Å². The van der Waals surface area contributed by atoms with Gasteiger partial charge in [-0.15, -0.1) is 0 Å². The number of amides is 1. The lowest BCUT2D eigenvalue weighted by atomic mass is 10.0. The largest absolute Gasteiger partial charge is 0.359 e. The summed E-state index contributed by atoms with van der Waals surface area (Å²) in [5, 5.41) is 3.86. The first-order valence-electron chi connectivity index (χ1n) is 6.49. The molecular formula is C15H16N2O2. The number of benzene rings is 1. The Labute approximate surface area is 112 Å². The average Bonchev–Trinajstić information content (AvgIpc) is 2.74. The number of fused-ring (bicyclic) bond motifs is 1. The molecule has 0 spiro atoms. The number of nitrogens with zero attached hydrogens (tertiary/aromatic N) is 2. The minimum Gasteiger partial charge on any atom is -0.359 e. The molecule has 0 radical (unpaired) electrons. The summed E-state index contributed by atoms with van der Waals surface area (Å²) >= 11 is 0. The zero-order chi connectivity index (χ0) is 13.2. The van der Waals surface area contributed by atoms with Crippen molar-refractivity contribution in [3.63, 3.8) is 0 Å². The summed E-state index contributed by atoms with van der Waals surface area (Å²) in [4.78, 5) is 14.0. The highest BCUT2D eigenvalue weighted by molar-refractivity contribution is 5.77. The van der Waals surface area contributed by atoms with Crippen molar-refractivity contribution in [3.8, 4) is 0 Å². The van der Waals surface area contributed by atoms with Crippen molar-refractivity contribution < 1.29 is 9.32 Å². The van der Waals surface area contributed by atoms with Gasteiger partial charge in [0.15, 0.2) is 5.76 Å². The van der Waals surface area contributed by atoms with Crippen LogP contribution in [0.3, 0.4) is 0 Å². The second kappa shape index (κ2) is 4.88. The van der Waals surface area contributed by atoms with Gasteiger partial charge in [0.05, 0.1) is 12.2 Å². The maximum absolute atomic E-state index is 12.2. The van der Waals surface area contributed by atoms with E-state index in [1.807, 2.05) is 30.0 Å². The maximum Gasteiger partial charge on any atom is 0.223 e. The van der Waals surface area contributed by atoms with Gasteiger partial charge < -0.3 is 9.42 Å². The molecule has 0 aliphatic carbocycles. The van der Waals surface area contributed by atoms with Gasteiger partial charge in [-0.05, 0) is 24.5 Å². The number of rotatable bonds is 2. The second-order valence-electron chi connectivity index (χ2n) is 4.95. The molecule has 0 atom stereocenters. The van der Waals surface area contributed by atoms with Crippen LogP contribution in [0.5, 0.6) is 0 Å². The van der Waals surface area contributed by atoms with E-state index in [0.29, 0.717) is 19.5 Å². The molecule has 1 amide bonds. The molecule has 4 heteroatoms. The van der Waals surface area contributed by atoms with Gasteiger partial charge >= 0.3 is 0 Å². The van der Waals surface area contributed by atoms with Crippen molar-refractivity contribution in [2.24, 2.45) is 0 Å². The van der Waals surface area contributed by atoms with E-state index in [1.165, 1.54) is 11.1 Å². The van der Waals surface area contributed by atoms with Gasteiger partial charge in [-0.25, -0.2) is 0 Å². The number of hydrogen-bond donors (Lipinski definition) is 0. The van der Waals surface area contributed by atoms with Crippen LogP contribution in [-0.2, 0) is 24.3 Å². The van der Waals surface area contributed by atoms with Crippen LogP contribution >= 0.6 is 0 Å². The van der Waals surface area contributed by atoms with Crippen LogP contribution in [0.25, 0.3) is 0 Å². The number of hydrogen-bond acceptors (Lipinski definition) is 3. The molecule has 4 nitrogen and oxygen atoms in total. The quantitative estimate of drug-likeness (QED) is 0.829. The van der Waals surface area contributed by atoms with Crippen LogP contribution in [0.2, 0.25) is 0 Å². The number of carbonyl (C=O) groups excluding carboxylic acids is 1. The highest BCUT2D eigenvalue weighted by Crippen LogP contribution is 2.21. The number of carbonyl (C=O) groups is 1. The van der Waals surface area contributed by atoms with Crippen LogP contribution < -0.4 is 0 Å². The Morgan fingerprint density at radius 1 is 1.26 bits per heavy atom. The topological polar surface area (TPSA) is 46.3 Å². The summed E-state index contributed by atoms with van der Waals surface area (Å²) in [6, 6.07) is 10.1. The summed E-state index contributed by atoms with van der Waals surface area (Å²) in [6.07, 6.45) is 1.38. The molecular weight excluding hydrogens is 240 g/mol. The Balaban J connectivity index is 1.83. The summed E-state index contributed by atoms with van der Waals surface area (Å²) in [5.41, 5.74) is 3.34. The van der Waals surface area contributed by atoms with Crippen molar-refractivity contribution in [2.75, 3.05) is 0 Å². The Hall–Kier alpha value is -2.10. The van der Waals surface area contributed by atoms with Crippen molar-refractivity contribution >= 4 is 5.91 Å². The molecule has 1 aromatic carbocycles. The Morgan fingerprint density at radius 2 is 2.05 bits per heavy atom. The average molecular weight is 256 g/mol. The molecule has 0 saturated heterocycles. The molecule has 1 aromatic heterocycles. The van der Waals surface area contributed by atoms with Crippen LogP contribution in [0, 0.1) is 6.92 Å². The second-order valence-corrected chi connectivity index (χ2v) is 4.95. The van der Waals surface area contributed by atoms with E-state index in [9.17, 15) is 4.79 Å². The number of aryl methyl sites for hydroxylation is 2. The third-order valence-electron chi connectivity index (χ3n) is 3.46. The predicted molar refractivity (Wildman–Crippen MR) is 70.3 cm³/mol. The number of aromatic nitrogens is 1. The minimum atomic E-state index is 0.172. The zero-order valence-corrected chi connectivity index (χ0v) is 10.9. The minimum absolute atomic E-state index is 0.172. The Kier molecular flexibility index (Phi) is 3.07. The van der Waals surface area contributed by atoms with E-state index in [0.717, 1.165) is 17.9 Å². The van der Waals surface area contributed by atoms with Gasteiger partial charge in [0.2, 0.25) is 5.91 Å². The predicted octanol–water partition coefficient (Wildman–Crippen LogP) is 2.46. The summed E-state index contributed by atoms with van der Waals surface area (Å²) in [6.45, 7) is 3.02. The van der Waals surface area contributed by atoms with E-state index in [4.69, 9.17) is 4.52 Å². The molecule has 2 aromatic rings. The van der Waals surface area contributed by atoms with Gasteiger partial charge in [0, 0.05) is 19.0 Å². The van der Waals surface area contributed by atoms with E-state index in [-0.39, 0.29) is 5.91 Å². The van der Waals surface area contributed by atoms with Gasteiger partial charge in [-0.2, -0.15) is 0 Å². The van der Waals surface area contributed by atoms with E-state index >= 15 is 0 Å². The molecule has 3 rings (SSSR count). The highest BCUT2D eigenvalue weighted by Gasteiger charge is 2.21. The maximum atomic E-state index is 12.2. The SMILES string of the molecule is Cc1cc(CN2Cc3ccccc3CCC2=O)on1. The lowest BCUT2D eigenvalue weighted by Crippen LogP contribution is -2.28. The molecule has 0 fully saturated rings. The van der Waals surface area contributed by atoms with E-state index in [2.05, 4.69) is 17.3 Å². The fraction of sp³-hybridized carbons (Fsp3) is 0.333. The van der Waals surface area contributed by atoms with Crippen molar-refractivity contribution in [1.29, 1.82) is 0 Å². The molecule has 1 aliphatic heterocycles. The first-order valence-corrected chi connectivity index (χ1v) is 6.49. The van der Waals surface area contributed by atoms with Crippen molar-refractivity contribution in [3.05, 3.63) is 52.9 Å². The highest BCUT2D eigenvalue weighted by atomic mass is 16.5. The molecule has 0 unspecified atom stereocenters. The van der Waals surface area contributed by atoms with Crippen LogP contribution in [-0.4, -0.2) is 16.0 Å².